The number of alkyl halides is 3. The summed E-state index contributed by atoms with van der Waals surface area (Å²) in [6.07, 6.45) is -0.527. The molecule has 0 saturated carbocycles. The molecule has 0 saturated heterocycles. The number of aliphatic hydroxyl groups excluding tert-OH is 1. The van der Waals surface area contributed by atoms with Gasteiger partial charge in [0.15, 0.2) is 0 Å². The summed E-state index contributed by atoms with van der Waals surface area (Å²) in [6.45, 7) is 3.34. The molecule has 174 valence electrons. The SMILES string of the molecule is CC(COc1ccc(C(F)(F)F)cc1)[C@@H](O)CN1CCc2ccccc2[C@@H]1c1cccnc1. The Morgan fingerprint density at radius 2 is 1.85 bits per heavy atom. The fourth-order valence-electron chi connectivity index (χ4n) is 4.24. The van der Waals surface area contributed by atoms with Crippen molar-refractivity contribution in [3.8, 4) is 5.75 Å². The molecule has 7 heteroatoms. The first kappa shape index (κ1) is 23.3. The molecule has 1 aromatic heterocycles. The molecule has 4 rings (SSSR count). The normalized spacial score (nSPS) is 18.4. The van der Waals surface area contributed by atoms with E-state index in [-0.39, 0.29) is 18.6 Å². The van der Waals surface area contributed by atoms with Crippen LogP contribution in [-0.2, 0) is 12.6 Å². The van der Waals surface area contributed by atoms with Crippen molar-refractivity contribution >= 4 is 0 Å². The minimum absolute atomic E-state index is 0.00123. The first-order chi connectivity index (χ1) is 15.8. The highest BCUT2D eigenvalue weighted by atomic mass is 19.4. The number of aliphatic hydroxyl groups is 1. The van der Waals surface area contributed by atoms with Gasteiger partial charge in [-0.25, -0.2) is 0 Å². The number of hydrogen-bond acceptors (Lipinski definition) is 4. The molecule has 4 nitrogen and oxygen atoms in total. The van der Waals surface area contributed by atoms with E-state index in [1.807, 2.05) is 31.3 Å². The minimum atomic E-state index is -4.38. The second-order valence-corrected chi connectivity index (χ2v) is 8.51. The second-order valence-electron chi connectivity index (χ2n) is 8.51. The third kappa shape index (κ3) is 5.54. The molecule has 3 aromatic rings. The predicted molar refractivity (Wildman–Crippen MR) is 120 cm³/mol. The Morgan fingerprint density at radius 1 is 1.09 bits per heavy atom. The molecule has 1 N–H and O–H groups in total. The maximum atomic E-state index is 12.7. The lowest BCUT2D eigenvalue weighted by Crippen LogP contribution is -2.43. The van der Waals surface area contributed by atoms with Crippen molar-refractivity contribution in [3.05, 3.63) is 95.3 Å². The Balaban J connectivity index is 1.42. The van der Waals surface area contributed by atoms with Gasteiger partial charge in [-0.2, -0.15) is 13.2 Å². The first-order valence-corrected chi connectivity index (χ1v) is 11.0. The van der Waals surface area contributed by atoms with E-state index >= 15 is 0 Å². The molecule has 2 heterocycles. The van der Waals surface area contributed by atoms with Crippen LogP contribution in [0, 0.1) is 5.92 Å². The lowest BCUT2D eigenvalue weighted by Gasteiger charge is -2.39. The average Bonchev–Trinajstić information content (AvgIpc) is 2.82. The van der Waals surface area contributed by atoms with Crippen LogP contribution in [0.2, 0.25) is 0 Å². The van der Waals surface area contributed by atoms with Gasteiger partial charge in [-0.05, 0) is 53.4 Å². The number of pyridine rings is 1. The number of aromatic nitrogens is 1. The molecule has 1 aliphatic heterocycles. The van der Waals surface area contributed by atoms with Gasteiger partial charge in [0, 0.05) is 31.4 Å². The molecule has 0 bridgehead atoms. The number of ether oxygens (including phenoxy) is 1. The van der Waals surface area contributed by atoms with Gasteiger partial charge in [0.05, 0.1) is 24.3 Å². The summed E-state index contributed by atoms with van der Waals surface area (Å²) in [7, 11) is 0. The Morgan fingerprint density at radius 3 is 2.55 bits per heavy atom. The number of fused-ring (bicyclic) bond motifs is 1. The Kier molecular flexibility index (Phi) is 7.00. The Bertz CT molecular complexity index is 1040. The average molecular weight is 457 g/mol. The molecule has 0 radical (unpaired) electrons. The Hall–Kier alpha value is -2.90. The summed E-state index contributed by atoms with van der Waals surface area (Å²) >= 11 is 0. The summed E-state index contributed by atoms with van der Waals surface area (Å²) in [6, 6.07) is 16.9. The van der Waals surface area contributed by atoms with Crippen LogP contribution in [0.4, 0.5) is 13.2 Å². The third-order valence-corrected chi connectivity index (χ3v) is 6.16. The maximum Gasteiger partial charge on any atom is 0.416 e. The number of rotatable bonds is 7. The van der Waals surface area contributed by atoms with Crippen LogP contribution in [-0.4, -0.2) is 40.8 Å². The number of β-amino-alcohol motifs (C(OH)–C–C–N with tert-alkyl or cyclic N) is 1. The van der Waals surface area contributed by atoms with Gasteiger partial charge >= 0.3 is 6.18 Å². The highest BCUT2D eigenvalue weighted by Crippen LogP contribution is 2.35. The topological polar surface area (TPSA) is 45.6 Å². The zero-order valence-electron chi connectivity index (χ0n) is 18.4. The summed E-state index contributed by atoms with van der Waals surface area (Å²) in [5.41, 5.74) is 2.88. The smallest absolute Gasteiger partial charge is 0.416 e. The molecule has 2 aromatic carbocycles. The van der Waals surface area contributed by atoms with Crippen LogP contribution in [0.3, 0.4) is 0 Å². The van der Waals surface area contributed by atoms with Gasteiger partial charge in [-0.1, -0.05) is 37.3 Å². The second kappa shape index (κ2) is 9.93. The van der Waals surface area contributed by atoms with Crippen molar-refractivity contribution in [1.29, 1.82) is 0 Å². The van der Waals surface area contributed by atoms with E-state index in [1.165, 1.54) is 23.3 Å². The zero-order chi connectivity index (χ0) is 23.4. The van der Waals surface area contributed by atoms with Gasteiger partial charge in [0.2, 0.25) is 0 Å². The fraction of sp³-hybridized carbons (Fsp3) is 0.346. The van der Waals surface area contributed by atoms with Crippen LogP contribution in [0.15, 0.2) is 73.1 Å². The van der Waals surface area contributed by atoms with Crippen molar-refractivity contribution in [2.45, 2.75) is 31.7 Å². The monoisotopic (exact) mass is 456 g/mol. The number of hydrogen-bond donors (Lipinski definition) is 1. The van der Waals surface area contributed by atoms with Crippen LogP contribution in [0.25, 0.3) is 0 Å². The van der Waals surface area contributed by atoms with E-state index < -0.39 is 17.8 Å². The predicted octanol–water partition coefficient (Wildman–Crippen LogP) is 5.12. The lowest BCUT2D eigenvalue weighted by atomic mass is 9.88. The maximum absolute atomic E-state index is 12.7. The van der Waals surface area contributed by atoms with E-state index in [1.54, 1.807) is 6.20 Å². The third-order valence-electron chi connectivity index (χ3n) is 6.16. The van der Waals surface area contributed by atoms with E-state index in [0.717, 1.165) is 30.7 Å². The van der Waals surface area contributed by atoms with Crippen molar-refractivity contribution in [3.63, 3.8) is 0 Å². The molecule has 33 heavy (non-hydrogen) atoms. The molecule has 1 aliphatic rings. The largest absolute Gasteiger partial charge is 0.493 e. The summed E-state index contributed by atoms with van der Waals surface area (Å²) in [5, 5.41) is 10.9. The molecular formula is C26H27F3N2O2. The molecule has 0 amide bonds. The van der Waals surface area contributed by atoms with Gasteiger partial charge in [-0.15, -0.1) is 0 Å². The Labute approximate surface area is 191 Å². The van der Waals surface area contributed by atoms with Crippen molar-refractivity contribution in [1.82, 2.24) is 9.88 Å². The molecule has 0 spiro atoms. The van der Waals surface area contributed by atoms with Gasteiger partial charge in [0.25, 0.3) is 0 Å². The number of halogens is 3. The van der Waals surface area contributed by atoms with Crippen LogP contribution in [0.5, 0.6) is 5.75 Å². The molecular weight excluding hydrogens is 429 g/mol. The summed E-state index contributed by atoms with van der Waals surface area (Å²) in [4.78, 5) is 6.55. The van der Waals surface area contributed by atoms with Gasteiger partial charge in [0.1, 0.15) is 5.75 Å². The highest BCUT2D eigenvalue weighted by molar-refractivity contribution is 5.39. The minimum Gasteiger partial charge on any atom is -0.493 e. The van der Waals surface area contributed by atoms with Gasteiger partial charge < -0.3 is 9.84 Å². The van der Waals surface area contributed by atoms with Crippen LogP contribution >= 0.6 is 0 Å². The van der Waals surface area contributed by atoms with Crippen LogP contribution in [0.1, 0.15) is 35.2 Å². The van der Waals surface area contributed by atoms with E-state index in [9.17, 15) is 18.3 Å². The van der Waals surface area contributed by atoms with Crippen molar-refractivity contribution < 1.29 is 23.0 Å². The number of nitrogens with zero attached hydrogens (tertiary/aromatic N) is 2. The van der Waals surface area contributed by atoms with Gasteiger partial charge in [-0.3, -0.25) is 9.88 Å². The highest BCUT2D eigenvalue weighted by Gasteiger charge is 2.32. The standard InChI is InChI=1S/C26H27F3N2O2/c1-18(17-33-22-10-8-21(9-11-22)26(27,28)29)24(32)16-31-14-12-19-5-2-3-7-23(19)25(31)20-6-4-13-30-15-20/h2-11,13,15,18,24-25,32H,12,14,16-17H2,1H3/t18?,24-,25-/m0/s1. The molecule has 0 aliphatic carbocycles. The summed E-state index contributed by atoms with van der Waals surface area (Å²) in [5.74, 6) is 0.140. The zero-order valence-corrected chi connectivity index (χ0v) is 18.4. The first-order valence-electron chi connectivity index (χ1n) is 11.0. The van der Waals surface area contributed by atoms with E-state index in [4.69, 9.17) is 4.74 Å². The van der Waals surface area contributed by atoms with Crippen molar-refractivity contribution in [2.75, 3.05) is 19.7 Å². The quantitative estimate of drug-likeness (QED) is 0.536. The lowest BCUT2D eigenvalue weighted by molar-refractivity contribution is -0.137. The fourth-order valence-corrected chi connectivity index (χ4v) is 4.24. The molecule has 1 unspecified atom stereocenters. The number of benzene rings is 2. The van der Waals surface area contributed by atoms with E-state index in [2.05, 4.69) is 28.1 Å². The van der Waals surface area contributed by atoms with Crippen LogP contribution < -0.4 is 4.74 Å². The van der Waals surface area contributed by atoms with E-state index in [0.29, 0.717) is 12.3 Å². The summed E-state index contributed by atoms with van der Waals surface area (Å²) < 4.78 is 43.8. The van der Waals surface area contributed by atoms with Crippen molar-refractivity contribution in [2.24, 2.45) is 5.92 Å². The molecule has 3 atom stereocenters. The molecule has 0 fully saturated rings.